The second-order valence-corrected chi connectivity index (χ2v) is 9.15. The Morgan fingerprint density at radius 3 is 2.26 bits per heavy atom. The Bertz CT molecular complexity index is 1190. The van der Waals surface area contributed by atoms with Crippen molar-refractivity contribution < 1.29 is 17.9 Å². The standard InChI is InChI=1S/C24H26N2O4S/c1-16-9-10-17(2)22(15-16)26-31(28,29)21-13-11-20(12-14-21)25-24(27)19(4)30-23-8-6-5-7-18(23)3/h5-15,19,26H,1-4H3,(H,25,27)/t19-/m1/s1. The third-order valence-corrected chi connectivity index (χ3v) is 6.22. The molecule has 31 heavy (non-hydrogen) atoms. The van der Waals surface area contributed by atoms with Crippen LogP contribution in [0.4, 0.5) is 11.4 Å². The molecule has 6 nitrogen and oxygen atoms in total. The average Bonchev–Trinajstić information content (AvgIpc) is 2.72. The molecule has 0 aliphatic rings. The number of hydrogen-bond donors (Lipinski definition) is 2. The summed E-state index contributed by atoms with van der Waals surface area (Å²) in [5.41, 5.74) is 3.76. The minimum Gasteiger partial charge on any atom is -0.481 e. The molecule has 3 rings (SSSR count). The van der Waals surface area contributed by atoms with Gasteiger partial charge in [0.1, 0.15) is 5.75 Å². The Kier molecular flexibility index (Phi) is 6.65. The van der Waals surface area contributed by atoms with Crippen LogP contribution in [0.2, 0.25) is 0 Å². The van der Waals surface area contributed by atoms with Gasteiger partial charge in [-0.2, -0.15) is 0 Å². The van der Waals surface area contributed by atoms with Crippen LogP contribution in [0.25, 0.3) is 0 Å². The number of carbonyl (C=O) groups is 1. The molecule has 2 N–H and O–H groups in total. The van der Waals surface area contributed by atoms with Crippen LogP contribution in [0, 0.1) is 20.8 Å². The number of hydrogen-bond acceptors (Lipinski definition) is 4. The third-order valence-electron chi connectivity index (χ3n) is 4.84. The molecule has 0 aliphatic carbocycles. The first kappa shape index (κ1) is 22.4. The van der Waals surface area contributed by atoms with Gasteiger partial charge in [0.15, 0.2) is 6.10 Å². The number of ether oxygens (including phenoxy) is 1. The Morgan fingerprint density at radius 2 is 1.58 bits per heavy atom. The van der Waals surface area contributed by atoms with E-state index in [0.717, 1.165) is 16.7 Å². The molecule has 0 spiro atoms. The monoisotopic (exact) mass is 438 g/mol. The average molecular weight is 439 g/mol. The van der Waals surface area contributed by atoms with E-state index in [4.69, 9.17) is 4.74 Å². The van der Waals surface area contributed by atoms with Gasteiger partial charge in [-0.15, -0.1) is 0 Å². The summed E-state index contributed by atoms with van der Waals surface area (Å²) >= 11 is 0. The number of carbonyl (C=O) groups excluding carboxylic acids is 1. The molecular weight excluding hydrogens is 412 g/mol. The first-order chi connectivity index (χ1) is 14.7. The van der Waals surface area contributed by atoms with Crippen LogP contribution in [0.15, 0.2) is 71.6 Å². The lowest BCUT2D eigenvalue weighted by Gasteiger charge is -2.16. The van der Waals surface area contributed by atoms with E-state index < -0.39 is 16.1 Å². The van der Waals surface area contributed by atoms with Crippen molar-refractivity contribution in [3.05, 3.63) is 83.4 Å². The van der Waals surface area contributed by atoms with E-state index in [1.54, 1.807) is 25.1 Å². The van der Waals surface area contributed by atoms with Crippen LogP contribution < -0.4 is 14.8 Å². The number of nitrogens with one attached hydrogen (secondary N) is 2. The summed E-state index contributed by atoms with van der Waals surface area (Å²) in [6.07, 6.45) is -0.713. The largest absolute Gasteiger partial charge is 0.481 e. The number of aryl methyl sites for hydroxylation is 3. The van der Waals surface area contributed by atoms with Crippen LogP contribution >= 0.6 is 0 Å². The number of para-hydroxylation sites is 1. The van der Waals surface area contributed by atoms with E-state index in [1.165, 1.54) is 12.1 Å². The van der Waals surface area contributed by atoms with Gasteiger partial charge in [-0.1, -0.05) is 30.3 Å². The maximum absolute atomic E-state index is 12.7. The molecule has 0 unspecified atom stereocenters. The van der Waals surface area contributed by atoms with Gasteiger partial charge in [0.05, 0.1) is 10.6 Å². The molecule has 0 saturated heterocycles. The predicted molar refractivity (Wildman–Crippen MR) is 123 cm³/mol. The highest BCUT2D eigenvalue weighted by atomic mass is 32.2. The predicted octanol–water partition coefficient (Wildman–Crippen LogP) is 4.82. The van der Waals surface area contributed by atoms with Gasteiger partial charge < -0.3 is 10.1 Å². The summed E-state index contributed by atoms with van der Waals surface area (Å²) in [7, 11) is -3.75. The zero-order valence-corrected chi connectivity index (χ0v) is 18.8. The van der Waals surface area contributed by atoms with Crippen LogP contribution in [0.3, 0.4) is 0 Å². The maximum Gasteiger partial charge on any atom is 0.265 e. The summed E-state index contributed by atoms with van der Waals surface area (Å²) in [4.78, 5) is 12.6. The highest BCUT2D eigenvalue weighted by Crippen LogP contribution is 2.22. The van der Waals surface area contributed by atoms with E-state index in [1.807, 2.05) is 57.2 Å². The lowest BCUT2D eigenvalue weighted by Crippen LogP contribution is -2.30. The molecule has 3 aromatic rings. The van der Waals surface area contributed by atoms with Gasteiger partial charge in [-0.25, -0.2) is 8.42 Å². The molecular formula is C24H26N2O4S. The van der Waals surface area contributed by atoms with Crippen LogP contribution in [-0.4, -0.2) is 20.4 Å². The van der Waals surface area contributed by atoms with Crippen molar-refractivity contribution in [1.82, 2.24) is 0 Å². The molecule has 0 radical (unpaired) electrons. The van der Waals surface area contributed by atoms with Crippen molar-refractivity contribution in [3.8, 4) is 5.75 Å². The van der Waals surface area contributed by atoms with Crippen molar-refractivity contribution in [2.24, 2.45) is 0 Å². The van der Waals surface area contributed by atoms with Crippen LogP contribution in [0.5, 0.6) is 5.75 Å². The number of benzene rings is 3. The highest BCUT2D eigenvalue weighted by molar-refractivity contribution is 7.92. The minimum atomic E-state index is -3.75. The fraction of sp³-hybridized carbons (Fsp3) is 0.208. The topological polar surface area (TPSA) is 84.5 Å². The second kappa shape index (κ2) is 9.22. The Hall–Kier alpha value is -3.32. The minimum absolute atomic E-state index is 0.107. The summed E-state index contributed by atoms with van der Waals surface area (Å²) in [6.45, 7) is 7.31. The molecule has 0 aliphatic heterocycles. The number of anilines is 2. The number of amides is 1. The summed E-state index contributed by atoms with van der Waals surface area (Å²) in [5.74, 6) is 0.316. The van der Waals surface area contributed by atoms with Crippen molar-refractivity contribution in [3.63, 3.8) is 0 Å². The van der Waals surface area contributed by atoms with E-state index in [-0.39, 0.29) is 10.8 Å². The second-order valence-electron chi connectivity index (χ2n) is 7.46. The molecule has 0 heterocycles. The normalized spacial score (nSPS) is 12.1. The highest BCUT2D eigenvalue weighted by Gasteiger charge is 2.18. The molecule has 0 fully saturated rings. The van der Waals surface area contributed by atoms with E-state index >= 15 is 0 Å². The molecule has 1 atom stereocenters. The maximum atomic E-state index is 12.7. The summed E-state index contributed by atoms with van der Waals surface area (Å²) in [5, 5.41) is 2.75. The Morgan fingerprint density at radius 1 is 0.903 bits per heavy atom. The third kappa shape index (κ3) is 5.64. The molecule has 162 valence electrons. The van der Waals surface area contributed by atoms with Gasteiger partial charge in [0.2, 0.25) is 0 Å². The smallest absolute Gasteiger partial charge is 0.265 e. The number of rotatable bonds is 7. The lowest BCUT2D eigenvalue weighted by atomic mass is 10.1. The summed E-state index contributed by atoms with van der Waals surface area (Å²) in [6, 6.07) is 19.1. The first-order valence-corrected chi connectivity index (χ1v) is 11.4. The van der Waals surface area contributed by atoms with Crippen molar-refractivity contribution in [1.29, 1.82) is 0 Å². The fourth-order valence-electron chi connectivity index (χ4n) is 2.94. The fourth-order valence-corrected chi connectivity index (χ4v) is 4.07. The quantitative estimate of drug-likeness (QED) is 0.554. The Labute approximate surface area is 183 Å². The zero-order valence-electron chi connectivity index (χ0n) is 18.0. The van der Waals surface area contributed by atoms with Gasteiger partial charge in [0.25, 0.3) is 15.9 Å². The first-order valence-electron chi connectivity index (χ1n) is 9.89. The van der Waals surface area contributed by atoms with Crippen molar-refractivity contribution in [2.75, 3.05) is 10.0 Å². The van der Waals surface area contributed by atoms with Crippen molar-refractivity contribution in [2.45, 2.75) is 38.7 Å². The van der Waals surface area contributed by atoms with Gasteiger partial charge in [0, 0.05) is 5.69 Å². The molecule has 3 aromatic carbocycles. The summed E-state index contributed by atoms with van der Waals surface area (Å²) < 4.78 is 33.8. The molecule has 1 amide bonds. The SMILES string of the molecule is Cc1ccc(C)c(NS(=O)(=O)c2ccc(NC(=O)[C@@H](C)Oc3ccccc3C)cc2)c1. The molecule has 0 aromatic heterocycles. The van der Waals surface area contributed by atoms with Gasteiger partial charge >= 0.3 is 0 Å². The van der Waals surface area contributed by atoms with Gasteiger partial charge in [-0.05, 0) is 80.8 Å². The molecule has 0 saturated carbocycles. The van der Waals surface area contributed by atoms with Gasteiger partial charge in [-0.3, -0.25) is 9.52 Å². The van der Waals surface area contributed by atoms with Crippen molar-refractivity contribution >= 4 is 27.3 Å². The zero-order chi connectivity index (χ0) is 22.6. The van der Waals surface area contributed by atoms with E-state index in [2.05, 4.69) is 10.0 Å². The Balaban J connectivity index is 1.67. The molecule has 7 heteroatoms. The van der Waals surface area contributed by atoms with Crippen LogP contribution in [0.1, 0.15) is 23.6 Å². The lowest BCUT2D eigenvalue weighted by molar-refractivity contribution is -0.122. The van der Waals surface area contributed by atoms with E-state index in [9.17, 15) is 13.2 Å². The van der Waals surface area contributed by atoms with E-state index in [0.29, 0.717) is 17.1 Å². The molecule has 0 bridgehead atoms. The van der Waals surface area contributed by atoms with Crippen LogP contribution in [-0.2, 0) is 14.8 Å². The number of sulfonamides is 1.